The zero-order chi connectivity index (χ0) is 7.94. The summed E-state index contributed by atoms with van der Waals surface area (Å²) in [5.41, 5.74) is 1.02. The van der Waals surface area contributed by atoms with Gasteiger partial charge < -0.3 is 4.79 Å². The lowest BCUT2D eigenvalue weighted by Gasteiger charge is -1.87. The van der Waals surface area contributed by atoms with Crippen molar-refractivity contribution >= 4 is 12.4 Å². The number of pyridine rings is 1. The summed E-state index contributed by atoms with van der Waals surface area (Å²) in [6.45, 7) is 0. The van der Waals surface area contributed by atoms with E-state index in [4.69, 9.17) is 0 Å². The number of rotatable bonds is 3. The Labute approximate surface area is 65.6 Å². The van der Waals surface area contributed by atoms with Crippen LogP contribution in [-0.4, -0.2) is 11.3 Å². The van der Waals surface area contributed by atoms with E-state index in [1.54, 1.807) is 12.4 Å². The molecular formula is C9H9NO. The summed E-state index contributed by atoms with van der Waals surface area (Å²) in [6, 6.07) is 3.80. The molecule has 1 aromatic heterocycles. The van der Waals surface area contributed by atoms with E-state index in [9.17, 15) is 4.79 Å². The van der Waals surface area contributed by atoms with Crippen LogP contribution in [0.3, 0.4) is 0 Å². The van der Waals surface area contributed by atoms with Crippen molar-refractivity contribution in [3.8, 4) is 0 Å². The van der Waals surface area contributed by atoms with Crippen LogP contribution < -0.4 is 0 Å². The fourth-order valence-electron chi connectivity index (χ4n) is 0.734. The average molecular weight is 147 g/mol. The Bertz CT molecular complexity index is 241. The smallest absolute Gasteiger partial charge is 0.123 e. The minimum Gasteiger partial charge on any atom is -0.303 e. The second kappa shape index (κ2) is 4.39. The third kappa shape index (κ3) is 2.76. The highest BCUT2D eigenvalue weighted by Gasteiger charge is 1.81. The van der Waals surface area contributed by atoms with Crippen molar-refractivity contribution < 1.29 is 4.79 Å². The first-order valence-electron chi connectivity index (χ1n) is 3.43. The van der Waals surface area contributed by atoms with E-state index >= 15 is 0 Å². The Morgan fingerprint density at radius 3 is 3.09 bits per heavy atom. The third-order valence-electron chi connectivity index (χ3n) is 1.23. The normalized spacial score (nSPS) is 10.2. The molecule has 0 aromatic carbocycles. The highest BCUT2D eigenvalue weighted by atomic mass is 16.1. The lowest BCUT2D eigenvalue weighted by molar-refractivity contribution is -0.107. The van der Waals surface area contributed by atoms with Gasteiger partial charge in [-0.15, -0.1) is 0 Å². The predicted octanol–water partition coefficient (Wildman–Crippen LogP) is 1.68. The van der Waals surface area contributed by atoms with Crippen LogP contribution in [-0.2, 0) is 4.79 Å². The topological polar surface area (TPSA) is 30.0 Å². The molecule has 0 N–H and O–H groups in total. The summed E-state index contributed by atoms with van der Waals surface area (Å²) < 4.78 is 0. The maximum atomic E-state index is 9.93. The van der Waals surface area contributed by atoms with Gasteiger partial charge in [0.05, 0.1) is 0 Å². The van der Waals surface area contributed by atoms with E-state index in [1.807, 2.05) is 24.3 Å². The number of carbonyl (C=O) groups is 1. The maximum absolute atomic E-state index is 9.93. The van der Waals surface area contributed by atoms with Gasteiger partial charge in [0.15, 0.2) is 0 Å². The van der Waals surface area contributed by atoms with Crippen LogP contribution in [0.4, 0.5) is 0 Å². The fourth-order valence-corrected chi connectivity index (χ4v) is 0.734. The van der Waals surface area contributed by atoms with Crippen molar-refractivity contribution in [2.24, 2.45) is 0 Å². The molecule has 2 nitrogen and oxygen atoms in total. The van der Waals surface area contributed by atoms with Crippen LogP contribution in [0, 0.1) is 0 Å². The lowest BCUT2D eigenvalue weighted by Crippen LogP contribution is -1.73. The molecule has 0 radical (unpaired) electrons. The third-order valence-corrected chi connectivity index (χ3v) is 1.23. The molecule has 0 unspecified atom stereocenters. The monoisotopic (exact) mass is 147 g/mol. The summed E-state index contributed by atoms with van der Waals surface area (Å²) >= 11 is 0. The van der Waals surface area contributed by atoms with Crippen LogP contribution >= 0.6 is 0 Å². The molecule has 0 fully saturated rings. The molecule has 1 rings (SSSR count). The van der Waals surface area contributed by atoms with E-state index < -0.39 is 0 Å². The average Bonchev–Trinajstić information content (AvgIpc) is 2.07. The Kier molecular flexibility index (Phi) is 3.06. The number of allylic oxidation sites excluding steroid dienone is 1. The standard InChI is InChI=1S/C9H9NO/c11-7-2-1-4-9-5-3-6-10-8-9/h1,3-8H,2H2. The van der Waals surface area contributed by atoms with Gasteiger partial charge in [-0.2, -0.15) is 0 Å². The molecule has 0 saturated carbocycles. The molecule has 0 atom stereocenters. The quantitative estimate of drug-likeness (QED) is 0.609. The van der Waals surface area contributed by atoms with Crippen LogP contribution in [0.1, 0.15) is 12.0 Å². The fraction of sp³-hybridized carbons (Fsp3) is 0.111. The Balaban J connectivity index is 2.57. The molecule has 0 aliphatic heterocycles. The second-order valence-corrected chi connectivity index (χ2v) is 2.09. The molecule has 0 amide bonds. The van der Waals surface area contributed by atoms with E-state index in [0.29, 0.717) is 6.42 Å². The van der Waals surface area contributed by atoms with Gasteiger partial charge in [-0.3, -0.25) is 4.98 Å². The summed E-state index contributed by atoms with van der Waals surface area (Å²) in [6.07, 6.45) is 8.49. The number of nitrogens with zero attached hydrogens (tertiary/aromatic N) is 1. The first-order chi connectivity index (χ1) is 5.43. The Morgan fingerprint density at radius 1 is 1.55 bits per heavy atom. The molecule has 0 bridgehead atoms. The van der Waals surface area contributed by atoms with E-state index in [2.05, 4.69) is 4.98 Å². The molecule has 56 valence electrons. The van der Waals surface area contributed by atoms with Crippen molar-refractivity contribution in [2.75, 3.05) is 0 Å². The van der Waals surface area contributed by atoms with E-state index in [1.165, 1.54) is 0 Å². The summed E-state index contributed by atoms with van der Waals surface area (Å²) in [4.78, 5) is 13.9. The predicted molar refractivity (Wildman–Crippen MR) is 44.0 cm³/mol. The number of carbonyl (C=O) groups excluding carboxylic acids is 1. The molecule has 0 spiro atoms. The Hall–Kier alpha value is -1.44. The number of aromatic nitrogens is 1. The van der Waals surface area contributed by atoms with Crippen molar-refractivity contribution in [1.82, 2.24) is 4.98 Å². The van der Waals surface area contributed by atoms with Crippen LogP contribution in [0.2, 0.25) is 0 Å². The minimum atomic E-state index is 0.467. The van der Waals surface area contributed by atoms with Crippen LogP contribution in [0.5, 0.6) is 0 Å². The first-order valence-corrected chi connectivity index (χ1v) is 3.43. The van der Waals surface area contributed by atoms with E-state index in [0.717, 1.165) is 11.8 Å². The highest BCUT2D eigenvalue weighted by Crippen LogP contribution is 1.98. The first kappa shape index (κ1) is 7.66. The van der Waals surface area contributed by atoms with Crippen LogP contribution in [0.25, 0.3) is 6.08 Å². The summed E-state index contributed by atoms with van der Waals surface area (Å²) in [5.74, 6) is 0. The van der Waals surface area contributed by atoms with Gasteiger partial charge in [0.2, 0.25) is 0 Å². The zero-order valence-corrected chi connectivity index (χ0v) is 6.10. The van der Waals surface area contributed by atoms with Gasteiger partial charge in [0.25, 0.3) is 0 Å². The molecule has 1 heterocycles. The van der Waals surface area contributed by atoms with Gasteiger partial charge >= 0.3 is 0 Å². The lowest BCUT2D eigenvalue weighted by atomic mass is 10.2. The number of hydrogen-bond acceptors (Lipinski definition) is 2. The minimum absolute atomic E-state index is 0.467. The van der Waals surface area contributed by atoms with Crippen molar-refractivity contribution in [3.05, 3.63) is 36.2 Å². The summed E-state index contributed by atoms with van der Waals surface area (Å²) in [7, 11) is 0. The molecule has 11 heavy (non-hydrogen) atoms. The van der Waals surface area contributed by atoms with Crippen molar-refractivity contribution in [2.45, 2.75) is 6.42 Å². The van der Waals surface area contributed by atoms with Gasteiger partial charge in [0.1, 0.15) is 6.29 Å². The van der Waals surface area contributed by atoms with Crippen molar-refractivity contribution in [3.63, 3.8) is 0 Å². The molecule has 1 aromatic rings. The molecule has 0 aliphatic carbocycles. The SMILES string of the molecule is O=CCC=Cc1cccnc1. The van der Waals surface area contributed by atoms with Gasteiger partial charge in [-0.05, 0) is 11.6 Å². The molecule has 0 aliphatic rings. The van der Waals surface area contributed by atoms with Gasteiger partial charge in [0, 0.05) is 18.8 Å². The van der Waals surface area contributed by atoms with Gasteiger partial charge in [-0.25, -0.2) is 0 Å². The molecule has 0 saturated heterocycles. The number of hydrogen-bond donors (Lipinski definition) is 0. The zero-order valence-electron chi connectivity index (χ0n) is 6.10. The van der Waals surface area contributed by atoms with Gasteiger partial charge in [-0.1, -0.05) is 18.2 Å². The van der Waals surface area contributed by atoms with E-state index in [-0.39, 0.29) is 0 Å². The Morgan fingerprint density at radius 2 is 2.45 bits per heavy atom. The highest BCUT2D eigenvalue weighted by molar-refractivity contribution is 5.57. The largest absolute Gasteiger partial charge is 0.303 e. The number of aldehydes is 1. The molecular weight excluding hydrogens is 138 g/mol. The summed E-state index contributed by atoms with van der Waals surface area (Å²) in [5, 5.41) is 0. The second-order valence-electron chi connectivity index (χ2n) is 2.09. The van der Waals surface area contributed by atoms with Crippen molar-refractivity contribution in [1.29, 1.82) is 0 Å². The maximum Gasteiger partial charge on any atom is 0.123 e. The molecule has 2 heteroatoms. The van der Waals surface area contributed by atoms with Crippen LogP contribution in [0.15, 0.2) is 30.6 Å².